The first-order valence-electron chi connectivity index (χ1n) is 9.04. The van der Waals surface area contributed by atoms with E-state index in [-0.39, 0.29) is 35.5 Å². The zero-order chi connectivity index (χ0) is 21.2. The number of aliphatic carboxylic acids is 1. The Bertz CT molecular complexity index is 835. The summed E-state index contributed by atoms with van der Waals surface area (Å²) in [5.74, 6) is -1.61. The van der Waals surface area contributed by atoms with Crippen LogP contribution in [0.4, 0.5) is 0 Å². The van der Waals surface area contributed by atoms with Crippen LogP contribution in [0, 0.1) is 5.41 Å². The van der Waals surface area contributed by atoms with E-state index in [1.54, 1.807) is 37.3 Å². The standard InChI is InChI=1S/C19H22N2O6S2/c1-3-13(22)20-19(27-2)15(24)21-9-18(17(25)26,11-29-16(19)21)10-28-14(23)12-7-5-4-6-8-12/h4-8,16H,3,9-11H2,1-2H3,(H,20,22)(H,25,26)/t16-,18?,19?/m1/s1. The number of carboxylic acid groups (broad SMARTS) is 1. The average Bonchev–Trinajstić information content (AvgIpc) is 2.75. The first-order chi connectivity index (χ1) is 13.8. The lowest BCUT2D eigenvalue weighted by Crippen LogP contribution is -2.82. The number of carboxylic acids is 1. The first-order valence-corrected chi connectivity index (χ1v) is 11.1. The van der Waals surface area contributed by atoms with E-state index in [0.29, 0.717) is 5.56 Å². The third-order valence-electron chi connectivity index (χ3n) is 5.11. The molecule has 2 heterocycles. The number of methoxy groups -OCH3 is 1. The minimum atomic E-state index is -1.46. The molecule has 29 heavy (non-hydrogen) atoms. The lowest BCUT2D eigenvalue weighted by atomic mass is 9.88. The second-order valence-electron chi connectivity index (χ2n) is 6.97. The van der Waals surface area contributed by atoms with Gasteiger partial charge in [-0.3, -0.25) is 19.2 Å². The number of hydrogen-bond acceptors (Lipinski definition) is 7. The Balaban J connectivity index is 1.72. The Morgan fingerprint density at radius 1 is 1.34 bits per heavy atom. The van der Waals surface area contributed by atoms with E-state index in [9.17, 15) is 24.3 Å². The number of nitrogens with zero attached hydrogens (tertiary/aromatic N) is 1. The Kier molecular flexibility index (Phi) is 6.25. The molecule has 2 N–H and O–H groups in total. The van der Waals surface area contributed by atoms with Crippen molar-refractivity contribution in [3.05, 3.63) is 35.9 Å². The molecule has 10 heteroatoms. The Hall–Kier alpha value is -2.04. The lowest BCUT2D eigenvalue weighted by molar-refractivity contribution is -0.200. The smallest absolute Gasteiger partial charge is 0.313 e. The Labute approximate surface area is 176 Å². The molecule has 8 nitrogen and oxygen atoms in total. The van der Waals surface area contributed by atoms with Crippen molar-refractivity contribution in [2.24, 2.45) is 5.41 Å². The van der Waals surface area contributed by atoms with Crippen LogP contribution < -0.4 is 5.32 Å². The number of fused-ring (bicyclic) bond motifs is 1. The second kappa shape index (κ2) is 8.37. The van der Waals surface area contributed by atoms with Crippen molar-refractivity contribution in [1.82, 2.24) is 10.2 Å². The summed E-state index contributed by atoms with van der Waals surface area (Å²) in [7, 11) is 1.35. The van der Waals surface area contributed by atoms with Crippen molar-refractivity contribution in [2.75, 3.05) is 25.2 Å². The molecule has 0 saturated carbocycles. The number of thioether (sulfide) groups is 2. The highest BCUT2D eigenvalue weighted by molar-refractivity contribution is 8.14. The fourth-order valence-corrected chi connectivity index (χ4v) is 6.13. The third kappa shape index (κ3) is 3.76. The van der Waals surface area contributed by atoms with E-state index >= 15 is 0 Å². The van der Waals surface area contributed by atoms with Crippen molar-refractivity contribution in [3.63, 3.8) is 0 Å². The van der Waals surface area contributed by atoms with Crippen molar-refractivity contribution >= 4 is 46.4 Å². The molecule has 1 aromatic rings. The van der Waals surface area contributed by atoms with Crippen LogP contribution in [0.2, 0.25) is 0 Å². The predicted molar refractivity (Wildman–Crippen MR) is 109 cm³/mol. The quantitative estimate of drug-likeness (QED) is 0.485. The molecule has 156 valence electrons. The van der Waals surface area contributed by atoms with Crippen LogP contribution in [0.1, 0.15) is 23.7 Å². The van der Waals surface area contributed by atoms with E-state index in [4.69, 9.17) is 4.74 Å². The Morgan fingerprint density at radius 2 is 2.03 bits per heavy atom. The molecule has 0 aliphatic carbocycles. The van der Waals surface area contributed by atoms with Gasteiger partial charge in [-0.2, -0.15) is 0 Å². The molecule has 2 aliphatic heterocycles. The number of carbonyl (C=O) groups is 4. The summed E-state index contributed by atoms with van der Waals surface area (Å²) in [6.45, 7) is 1.63. The van der Waals surface area contributed by atoms with Crippen LogP contribution in [0.3, 0.4) is 0 Å². The van der Waals surface area contributed by atoms with Crippen LogP contribution >= 0.6 is 23.5 Å². The number of carbonyl (C=O) groups excluding carboxylic acids is 3. The van der Waals surface area contributed by atoms with Gasteiger partial charge in [0.25, 0.3) is 11.6 Å². The molecular formula is C19H22N2O6S2. The summed E-state index contributed by atoms with van der Waals surface area (Å²) < 4.78 is 5.36. The monoisotopic (exact) mass is 438 g/mol. The van der Waals surface area contributed by atoms with Gasteiger partial charge in [-0.25, -0.2) is 0 Å². The van der Waals surface area contributed by atoms with Crippen molar-refractivity contribution in [1.29, 1.82) is 0 Å². The zero-order valence-electron chi connectivity index (χ0n) is 16.0. The van der Waals surface area contributed by atoms with Crippen LogP contribution in [-0.2, 0) is 19.1 Å². The van der Waals surface area contributed by atoms with E-state index in [1.165, 1.54) is 23.8 Å². The second-order valence-corrected chi connectivity index (χ2v) is 8.98. The fraction of sp³-hybridized carbons (Fsp3) is 0.474. The molecular weight excluding hydrogens is 416 g/mol. The molecule has 1 aromatic carbocycles. The number of amides is 2. The van der Waals surface area contributed by atoms with Gasteiger partial charge in [0, 0.05) is 37.1 Å². The predicted octanol–water partition coefficient (Wildman–Crippen LogP) is 1.41. The molecule has 2 unspecified atom stereocenters. The van der Waals surface area contributed by atoms with Crippen LogP contribution in [0.25, 0.3) is 0 Å². The number of rotatable bonds is 7. The van der Waals surface area contributed by atoms with Crippen molar-refractivity contribution in [2.45, 2.75) is 24.4 Å². The molecule has 3 rings (SSSR count). The molecule has 0 spiro atoms. The summed E-state index contributed by atoms with van der Waals surface area (Å²) in [4.78, 5) is 50.5. The van der Waals surface area contributed by atoms with Crippen LogP contribution in [-0.4, -0.2) is 69.2 Å². The van der Waals surface area contributed by atoms with Crippen LogP contribution in [0.5, 0.6) is 0 Å². The van der Waals surface area contributed by atoms with E-state index in [1.807, 2.05) is 0 Å². The van der Waals surface area contributed by atoms with Crippen molar-refractivity contribution < 1.29 is 29.0 Å². The number of benzene rings is 1. The van der Waals surface area contributed by atoms with Gasteiger partial charge in [0.2, 0.25) is 11.0 Å². The first kappa shape index (κ1) is 21.7. The molecule has 2 fully saturated rings. The van der Waals surface area contributed by atoms with Gasteiger partial charge >= 0.3 is 5.97 Å². The lowest BCUT2D eigenvalue weighted by Gasteiger charge is -2.58. The zero-order valence-corrected chi connectivity index (χ0v) is 17.7. The summed E-state index contributed by atoms with van der Waals surface area (Å²) >= 11 is 2.18. The highest BCUT2D eigenvalue weighted by atomic mass is 32.2. The normalized spacial score (nSPS) is 28.3. The minimum absolute atomic E-state index is 0.0407. The average molecular weight is 439 g/mol. The van der Waals surface area contributed by atoms with E-state index in [2.05, 4.69) is 5.32 Å². The number of ether oxygens (including phenoxy) is 1. The topological polar surface area (TPSA) is 113 Å². The van der Waals surface area contributed by atoms with Crippen LogP contribution in [0.15, 0.2) is 30.3 Å². The van der Waals surface area contributed by atoms with Gasteiger partial charge in [-0.1, -0.05) is 49.0 Å². The maximum atomic E-state index is 12.8. The molecule has 2 aliphatic rings. The number of hydrogen-bond donors (Lipinski definition) is 2. The molecule has 2 saturated heterocycles. The molecule has 0 aromatic heterocycles. The maximum absolute atomic E-state index is 12.8. The fourth-order valence-electron chi connectivity index (χ4n) is 3.34. The van der Waals surface area contributed by atoms with Gasteiger partial charge in [-0.05, 0) is 0 Å². The number of nitrogens with one attached hydrogen (secondary N) is 1. The highest BCUT2D eigenvalue weighted by Crippen LogP contribution is 2.48. The summed E-state index contributed by atoms with van der Waals surface area (Å²) in [6.07, 6.45) is 0.201. The molecule has 0 radical (unpaired) electrons. The van der Waals surface area contributed by atoms with Crippen molar-refractivity contribution in [3.8, 4) is 0 Å². The van der Waals surface area contributed by atoms with Gasteiger partial charge in [0.1, 0.15) is 10.8 Å². The maximum Gasteiger partial charge on any atom is 0.313 e. The van der Waals surface area contributed by atoms with Gasteiger partial charge in [-0.15, -0.1) is 11.8 Å². The molecule has 3 atom stereocenters. The molecule has 0 bridgehead atoms. The molecule has 2 amide bonds. The number of β-lactam (4-membered cyclic amide) rings is 1. The van der Waals surface area contributed by atoms with E-state index in [0.717, 1.165) is 11.8 Å². The highest BCUT2D eigenvalue weighted by Gasteiger charge is 2.67. The third-order valence-corrected chi connectivity index (χ3v) is 7.93. The van der Waals surface area contributed by atoms with Gasteiger partial charge in [0.05, 0.1) is 0 Å². The summed E-state index contributed by atoms with van der Waals surface area (Å²) in [5, 5.41) is 11.8. The summed E-state index contributed by atoms with van der Waals surface area (Å²) in [5.41, 5.74) is -2.23. The summed E-state index contributed by atoms with van der Waals surface area (Å²) in [6, 6.07) is 8.64. The minimum Gasteiger partial charge on any atom is -0.481 e. The van der Waals surface area contributed by atoms with Gasteiger partial charge in [0.15, 0.2) is 0 Å². The largest absolute Gasteiger partial charge is 0.481 e. The Morgan fingerprint density at radius 3 is 2.62 bits per heavy atom. The SMILES string of the molecule is CCC(=O)NC1(OC)C(=O)N2CC(CSC(=O)c3ccccc3)(C(=O)O)CS[C@@H]21. The van der Waals surface area contributed by atoms with Gasteiger partial charge < -0.3 is 20.1 Å². The van der Waals surface area contributed by atoms with E-state index < -0.39 is 28.4 Å².